The van der Waals surface area contributed by atoms with Gasteiger partial charge in [-0.05, 0) is 42.7 Å². The number of H-pyrrole nitrogens is 1. The van der Waals surface area contributed by atoms with Crippen LogP contribution < -0.4 is 14.8 Å². The average molecular weight is 394 g/mol. The van der Waals surface area contributed by atoms with Gasteiger partial charge in [-0.1, -0.05) is 26.8 Å². The lowest BCUT2D eigenvalue weighted by Gasteiger charge is -2.17. The maximum absolute atomic E-state index is 14.7. The van der Waals surface area contributed by atoms with Gasteiger partial charge < -0.3 is 19.8 Å². The number of fused-ring (bicyclic) bond motifs is 2. The first-order chi connectivity index (χ1) is 13.8. The van der Waals surface area contributed by atoms with Crippen LogP contribution in [0.1, 0.15) is 44.9 Å². The van der Waals surface area contributed by atoms with E-state index in [1.165, 1.54) is 6.07 Å². The normalized spacial score (nSPS) is 16.8. The van der Waals surface area contributed by atoms with Crippen molar-refractivity contribution in [2.75, 3.05) is 12.1 Å². The molecule has 5 nitrogen and oxygen atoms in total. The van der Waals surface area contributed by atoms with Crippen molar-refractivity contribution in [2.45, 2.75) is 44.4 Å². The monoisotopic (exact) mass is 394 g/mol. The van der Waals surface area contributed by atoms with Gasteiger partial charge in [0.25, 0.3) is 0 Å². The zero-order valence-corrected chi connectivity index (χ0v) is 16.7. The van der Waals surface area contributed by atoms with E-state index < -0.39 is 11.2 Å². The van der Waals surface area contributed by atoms with Gasteiger partial charge in [0.05, 0.1) is 11.1 Å². The van der Waals surface area contributed by atoms with Gasteiger partial charge in [-0.3, -0.25) is 4.79 Å². The quantitative estimate of drug-likeness (QED) is 0.657. The summed E-state index contributed by atoms with van der Waals surface area (Å²) in [6.45, 7) is 6.48. The number of benzene rings is 2. The molecule has 2 aliphatic rings. The molecule has 6 heteroatoms. The molecule has 29 heavy (non-hydrogen) atoms. The number of carbonyl (C=O) groups is 1. The molecule has 2 heterocycles. The number of halogens is 1. The van der Waals surface area contributed by atoms with E-state index in [1.54, 1.807) is 6.07 Å². The summed E-state index contributed by atoms with van der Waals surface area (Å²) in [5, 5.41) is 3.69. The number of anilines is 1. The standard InChI is InChI=1S/C23H23FN2O3/c1-22(2,3)20-9-13-8-17(15(24)11-16(13)25-20)26-21(27)23(6-7-23)14-4-5-18-19(10-14)29-12-28-18/h4-5,8-11,25H,6-7,12H2,1-3H3,(H,26,27). The van der Waals surface area contributed by atoms with E-state index in [0.717, 1.165) is 35.0 Å². The van der Waals surface area contributed by atoms with Gasteiger partial charge in [0, 0.05) is 28.1 Å². The first-order valence-corrected chi connectivity index (χ1v) is 9.81. The van der Waals surface area contributed by atoms with Crippen molar-refractivity contribution < 1.29 is 18.7 Å². The number of rotatable bonds is 3. The van der Waals surface area contributed by atoms with Gasteiger partial charge in [-0.2, -0.15) is 0 Å². The highest BCUT2D eigenvalue weighted by molar-refractivity contribution is 6.02. The molecule has 1 aliphatic heterocycles. The Balaban J connectivity index is 1.44. The Bertz CT molecular complexity index is 1140. The summed E-state index contributed by atoms with van der Waals surface area (Å²) in [5.41, 5.74) is 2.11. The van der Waals surface area contributed by atoms with Crippen LogP contribution in [0.15, 0.2) is 36.4 Å². The van der Waals surface area contributed by atoms with Crippen LogP contribution in [0.2, 0.25) is 0 Å². The fourth-order valence-electron chi connectivity index (χ4n) is 3.86. The molecule has 0 atom stereocenters. The Morgan fingerprint density at radius 2 is 1.86 bits per heavy atom. The second-order valence-electron chi connectivity index (χ2n) is 8.96. The molecule has 5 rings (SSSR count). The van der Waals surface area contributed by atoms with Crippen molar-refractivity contribution in [1.82, 2.24) is 4.98 Å². The number of hydrogen-bond donors (Lipinski definition) is 2. The lowest BCUT2D eigenvalue weighted by molar-refractivity contribution is -0.118. The minimum Gasteiger partial charge on any atom is -0.454 e. The molecule has 150 valence electrons. The molecule has 0 spiro atoms. The van der Waals surface area contributed by atoms with E-state index in [4.69, 9.17) is 9.47 Å². The summed E-state index contributed by atoms with van der Waals surface area (Å²) in [7, 11) is 0. The molecule has 1 aliphatic carbocycles. The molecule has 3 aromatic rings. The fourth-order valence-corrected chi connectivity index (χ4v) is 3.86. The van der Waals surface area contributed by atoms with Gasteiger partial charge in [0.1, 0.15) is 5.82 Å². The van der Waals surface area contributed by atoms with Gasteiger partial charge in [-0.25, -0.2) is 4.39 Å². The molecule has 0 saturated heterocycles. The number of ether oxygens (including phenoxy) is 2. The van der Waals surface area contributed by atoms with Crippen LogP contribution in [-0.4, -0.2) is 17.7 Å². The van der Waals surface area contributed by atoms with Crippen LogP contribution in [0.4, 0.5) is 10.1 Å². The minimum atomic E-state index is -0.642. The van der Waals surface area contributed by atoms with Gasteiger partial charge in [0.2, 0.25) is 12.7 Å². The average Bonchev–Trinajstić information content (AvgIpc) is 3.15. The summed E-state index contributed by atoms with van der Waals surface area (Å²) < 4.78 is 25.5. The van der Waals surface area contributed by atoms with Crippen LogP contribution in [-0.2, 0) is 15.6 Å². The number of nitrogens with one attached hydrogen (secondary N) is 2. The molecule has 0 bridgehead atoms. The maximum Gasteiger partial charge on any atom is 0.235 e. The van der Waals surface area contributed by atoms with E-state index in [0.29, 0.717) is 11.5 Å². The van der Waals surface area contributed by atoms with Crippen LogP contribution in [0.5, 0.6) is 11.5 Å². The minimum absolute atomic E-state index is 0.0731. The number of carbonyl (C=O) groups excluding carboxylic acids is 1. The number of aromatic amines is 1. The SMILES string of the molecule is CC(C)(C)c1cc2cc(NC(=O)C3(c4ccc5c(c4)OCO5)CC3)c(F)cc2[nH]1. The van der Waals surface area contributed by atoms with Gasteiger partial charge >= 0.3 is 0 Å². The zero-order valence-electron chi connectivity index (χ0n) is 16.7. The highest BCUT2D eigenvalue weighted by Gasteiger charge is 2.51. The summed E-state index contributed by atoms with van der Waals surface area (Å²) in [5.74, 6) is 0.690. The molecular weight excluding hydrogens is 371 g/mol. The van der Waals surface area contributed by atoms with Gasteiger partial charge in [0.15, 0.2) is 11.5 Å². The largest absolute Gasteiger partial charge is 0.454 e. The number of amides is 1. The Hall–Kier alpha value is -3.02. The third-order valence-electron chi connectivity index (χ3n) is 5.87. The van der Waals surface area contributed by atoms with E-state index in [-0.39, 0.29) is 23.8 Å². The summed E-state index contributed by atoms with van der Waals surface area (Å²) in [4.78, 5) is 16.4. The van der Waals surface area contributed by atoms with Crippen LogP contribution in [0.3, 0.4) is 0 Å². The van der Waals surface area contributed by atoms with Crippen molar-refractivity contribution in [1.29, 1.82) is 0 Å². The van der Waals surface area contributed by atoms with E-state index in [1.807, 2.05) is 24.3 Å². The fraction of sp³-hybridized carbons (Fsp3) is 0.348. The molecule has 1 fully saturated rings. The summed E-state index contributed by atoms with van der Waals surface area (Å²) >= 11 is 0. The molecular formula is C23H23FN2O3. The van der Waals surface area contributed by atoms with E-state index in [9.17, 15) is 9.18 Å². The summed E-state index contributed by atoms with van der Waals surface area (Å²) in [6, 6.07) is 10.7. The van der Waals surface area contributed by atoms with E-state index in [2.05, 4.69) is 31.1 Å². The van der Waals surface area contributed by atoms with Crippen molar-refractivity contribution in [3.8, 4) is 11.5 Å². The van der Waals surface area contributed by atoms with Crippen molar-refractivity contribution in [3.05, 3.63) is 53.5 Å². The predicted molar refractivity (Wildman–Crippen MR) is 109 cm³/mol. The van der Waals surface area contributed by atoms with Crippen molar-refractivity contribution >= 4 is 22.5 Å². The lowest BCUT2D eigenvalue weighted by atomic mass is 9.92. The highest BCUT2D eigenvalue weighted by atomic mass is 19.1. The molecule has 0 radical (unpaired) electrons. The molecule has 2 N–H and O–H groups in total. The molecule has 0 unspecified atom stereocenters. The first kappa shape index (κ1) is 18.0. The molecule has 1 amide bonds. The Labute approximate surface area is 168 Å². The van der Waals surface area contributed by atoms with E-state index >= 15 is 0 Å². The third kappa shape index (κ3) is 2.94. The zero-order chi connectivity index (χ0) is 20.4. The number of hydrogen-bond acceptors (Lipinski definition) is 3. The predicted octanol–water partition coefficient (Wildman–Crippen LogP) is 5.00. The third-order valence-corrected chi connectivity index (χ3v) is 5.87. The second kappa shape index (κ2) is 5.99. The van der Waals surface area contributed by atoms with Crippen LogP contribution >= 0.6 is 0 Å². The van der Waals surface area contributed by atoms with Crippen LogP contribution in [0.25, 0.3) is 10.9 Å². The topological polar surface area (TPSA) is 63.4 Å². The molecule has 1 aromatic heterocycles. The Morgan fingerprint density at radius 1 is 1.10 bits per heavy atom. The maximum atomic E-state index is 14.7. The smallest absolute Gasteiger partial charge is 0.235 e. The summed E-state index contributed by atoms with van der Waals surface area (Å²) in [6.07, 6.45) is 1.45. The number of aromatic nitrogens is 1. The van der Waals surface area contributed by atoms with Crippen molar-refractivity contribution in [3.63, 3.8) is 0 Å². The Kier molecular flexibility index (Phi) is 3.72. The highest BCUT2D eigenvalue weighted by Crippen LogP contribution is 2.51. The van der Waals surface area contributed by atoms with Gasteiger partial charge in [-0.15, -0.1) is 0 Å². The van der Waals surface area contributed by atoms with Crippen molar-refractivity contribution in [2.24, 2.45) is 0 Å². The molecule has 2 aromatic carbocycles. The second-order valence-corrected chi connectivity index (χ2v) is 8.96. The van der Waals surface area contributed by atoms with Crippen LogP contribution in [0, 0.1) is 5.82 Å². The lowest BCUT2D eigenvalue weighted by Crippen LogP contribution is -2.28. The first-order valence-electron chi connectivity index (χ1n) is 9.81. The molecule has 1 saturated carbocycles. The Morgan fingerprint density at radius 3 is 2.59 bits per heavy atom.